The van der Waals surface area contributed by atoms with Gasteiger partial charge in [-0.05, 0) is 42.9 Å². The van der Waals surface area contributed by atoms with E-state index in [9.17, 15) is 4.79 Å². The maximum absolute atomic E-state index is 12.2. The summed E-state index contributed by atoms with van der Waals surface area (Å²) in [6, 6.07) is 8.21. The van der Waals surface area contributed by atoms with E-state index in [4.69, 9.17) is 5.73 Å². The highest BCUT2D eigenvalue weighted by Crippen LogP contribution is 2.34. The second kappa shape index (κ2) is 5.74. The third-order valence-electron chi connectivity index (χ3n) is 3.96. The number of aryl methyl sites for hydroxylation is 1. The third kappa shape index (κ3) is 2.81. The molecule has 2 rings (SSSR count). The van der Waals surface area contributed by atoms with Gasteiger partial charge in [0, 0.05) is 0 Å². The van der Waals surface area contributed by atoms with Gasteiger partial charge >= 0.3 is 0 Å². The minimum atomic E-state index is -0.683. The van der Waals surface area contributed by atoms with Crippen LogP contribution < -0.4 is 11.1 Å². The van der Waals surface area contributed by atoms with Gasteiger partial charge in [-0.25, -0.2) is 0 Å². The Morgan fingerprint density at radius 1 is 1.37 bits per heavy atom. The fourth-order valence-electron chi connectivity index (χ4n) is 2.90. The molecule has 1 atom stereocenters. The number of nitrogens with two attached hydrogens (primary N) is 1. The molecule has 1 unspecified atom stereocenters. The average Bonchev–Trinajstić information content (AvgIpc) is 2.57. The summed E-state index contributed by atoms with van der Waals surface area (Å²) < 4.78 is 0. The van der Waals surface area contributed by atoms with Crippen molar-refractivity contribution in [2.45, 2.75) is 45.1 Å². The van der Waals surface area contributed by atoms with Crippen molar-refractivity contribution >= 4 is 5.91 Å². The molecular weight excluding hydrogens is 236 g/mol. The van der Waals surface area contributed by atoms with Crippen LogP contribution in [0.2, 0.25) is 0 Å². The standard InChI is InChI=1S/C16H24N2O/c1-12(2)11-18-16(15(17)19)10-6-5-8-13-7-3-4-9-14(13)16/h3-4,7,9,12,18H,5-6,8,10-11H2,1-2H3,(H2,17,19). The quantitative estimate of drug-likeness (QED) is 0.816. The molecule has 104 valence electrons. The van der Waals surface area contributed by atoms with E-state index < -0.39 is 5.54 Å². The molecule has 19 heavy (non-hydrogen) atoms. The first kappa shape index (κ1) is 14.1. The molecule has 3 N–H and O–H groups in total. The monoisotopic (exact) mass is 260 g/mol. The maximum Gasteiger partial charge on any atom is 0.242 e. The fourth-order valence-corrected chi connectivity index (χ4v) is 2.90. The van der Waals surface area contributed by atoms with E-state index >= 15 is 0 Å². The van der Waals surface area contributed by atoms with Crippen molar-refractivity contribution in [1.82, 2.24) is 5.32 Å². The topological polar surface area (TPSA) is 55.1 Å². The Kier molecular flexibility index (Phi) is 4.25. The Morgan fingerprint density at radius 3 is 2.79 bits per heavy atom. The van der Waals surface area contributed by atoms with E-state index in [2.05, 4.69) is 31.3 Å². The summed E-state index contributed by atoms with van der Waals surface area (Å²) in [7, 11) is 0. The van der Waals surface area contributed by atoms with Crippen LogP contribution in [0.25, 0.3) is 0 Å². The van der Waals surface area contributed by atoms with Crippen LogP contribution in [0.3, 0.4) is 0 Å². The van der Waals surface area contributed by atoms with Crippen LogP contribution in [-0.2, 0) is 16.8 Å². The average molecular weight is 260 g/mol. The minimum absolute atomic E-state index is 0.248. The van der Waals surface area contributed by atoms with Crippen molar-refractivity contribution in [2.75, 3.05) is 6.54 Å². The summed E-state index contributed by atoms with van der Waals surface area (Å²) in [5.41, 5.74) is 7.43. The Hall–Kier alpha value is -1.35. The molecule has 1 aliphatic carbocycles. The Morgan fingerprint density at radius 2 is 2.11 bits per heavy atom. The molecule has 3 heteroatoms. The van der Waals surface area contributed by atoms with Gasteiger partial charge in [-0.2, -0.15) is 0 Å². The zero-order chi connectivity index (χ0) is 13.9. The fraction of sp³-hybridized carbons (Fsp3) is 0.562. The Bertz CT molecular complexity index is 456. The second-order valence-corrected chi connectivity index (χ2v) is 5.91. The van der Waals surface area contributed by atoms with Crippen LogP contribution in [0.4, 0.5) is 0 Å². The number of hydrogen-bond donors (Lipinski definition) is 2. The molecule has 0 bridgehead atoms. The van der Waals surface area contributed by atoms with Crippen molar-refractivity contribution in [1.29, 1.82) is 0 Å². The third-order valence-corrected chi connectivity index (χ3v) is 3.96. The predicted octanol–water partition coefficient (Wildman–Crippen LogP) is 2.34. The maximum atomic E-state index is 12.2. The summed E-state index contributed by atoms with van der Waals surface area (Å²) >= 11 is 0. The van der Waals surface area contributed by atoms with Gasteiger partial charge in [0.05, 0.1) is 0 Å². The summed E-state index contributed by atoms with van der Waals surface area (Å²) in [4.78, 5) is 12.2. The van der Waals surface area contributed by atoms with Crippen molar-refractivity contribution in [2.24, 2.45) is 11.7 Å². The lowest BCUT2D eigenvalue weighted by molar-refractivity contribution is -0.125. The lowest BCUT2D eigenvalue weighted by Gasteiger charge is -2.33. The van der Waals surface area contributed by atoms with Crippen LogP contribution in [-0.4, -0.2) is 12.5 Å². The number of fused-ring (bicyclic) bond motifs is 1. The number of primary amides is 1. The van der Waals surface area contributed by atoms with Gasteiger partial charge in [0.2, 0.25) is 5.91 Å². The van der Waals surface area contributed by atoms with E-state index in [1.807, 2.05) is 12.1 Å². The molecule has 0 saturated carbocycles. The highest BCUT2D eigenvalue weighted by molar-refractivity contribution is 5.86. The zero-order valence-electron chi connectivity index (χ0n) is 11.9. The van der Waals surface area contributed by atoms with Gasteiger partial charge in [0.25, 0.3) is 0 Å². The van der Waals surface area contributed by atoms with Crippen molar-refractivity contribution < 1.29 is 4.79 Å². The first-order chi connectivity index (χ1) is 9.06. The van der Waals surface area contributed by atoms with Gasteiger partial charge in [-0.1, -0.05) is 44.5 Å². The number of nitrogens with one attached hydrogen (secondary N) is 1. The van der Waals surface area contributed by atoms with Crippen molar-refractivity contribution in [3.8, 4) is 0 Å². The number of hydrogen-bond acceptors (Lipinski definition) is 2. The zero-order valence-corrected chi connectivity index (χ0v) is 11.9. The van der Waals surface area contributed by atoms with Gasteiger partial charge in [-0.15, -0.1) is 0 Å². The normalized spacial score (nSPS) is 22.9. The first-order valence-corrected chi connectivity index (χ1v) is 7.19. The van der Waals surface area contributed by atoms with E-state index in [-0.39, 0.29) is 5.91 Å². The molecule has 0 aromatic heterocycles. The minimum Gasteiger partial charge on any atom is -0.368 e. The smallest absolute Gasteiger partial charge is 0.242 e. The Labute approximate surface area is 115 Å². The molecule has 0 heterocycles. The number of rotatable bonds is 4. The number of amides is 1. The molecule has 3 nitrogen and oxygen atoms in total. The van der Waals surface area contributed by atoms with Crippen molar-refractivity contribution in [3.63, 3.8) is 0 Å². The predicted molar refractivity (Wildman–Crippen MR) is 77.7 cm³/mol. The van der Waals surface area contributed by atoms with E-state index in [0.29, 0.717) is 5.92 Å². The molecule has 0 fully saturated rings. The summed E-state index contributed by atoms with van der Waals surface area (Å²) in [5, 5.41) is 3.46. The highest BCUT2D eigenvalue weighted by atomic mass is 16.1. The van der Waals surface area contributed by atoms with E-state index in [1.165, 1.54) is 5.56 Å². The number of benzene rings is 1. The second-order valence-electron chi connectivity index (χ2n) is 5.91. The largest absolute Gasteiger partial charge is 0.368 e. The molecule has 1 aliphatic rings. The van der Waals surface area contributed by atoms with Gasteiger partial charge < -0.3 is 5.73 Å². The van der Waals surface area contributed by atoms with Crippen LogP contribution >= 0.6 is 0 Å². The highest BCUT2D eigenvalue weighted by Gasteiger charge is 2.40. The number of carbonyl (C=O) groups is 1. The molecule has 0 spiro atoms. The SMILES string of the molecule is CC(C)CNC1(C(N)=O)CCCCc2ccccc21. The van der Waals surface area contributed by atoms with Crippen LogP contribution in [0.5, 0.6) is 0 Å². The summed E-state index contributed by atoms with van der Waals surface area (Å²) in [6.07, 6.45) is 3.98. The van der Waals surface area contributed by atoms with Crippen LogP contribution in [0.15, 0.2) is 24.3 Å². The first-order valence-electron chi connectivity index (χ1n) is 7.19. The van der Waals surface area contributed by atoms with Crippen molar-refractivity contribution in [3.05, 3.63) is 35.4 Å². The lowest BCUT2D eigenvalue weighted by atomic mass is 9.83. The molecule has 1 aromatic rings. The molecule has 0 radical (unpaired) electrons. The summed E-state index contributed by atoms with van der Waals surface area (Å²) in [5.74, 6) is 0.245. The molecule has 0 aliphatic heterocycles. The van der Waals surface area contributed by atoms with Crippen LogP contribution in [0.1, 0.15) is 44.2 Å². The van der Waals surface area contributed by atoms with Gasteiger partial charge in [0.15, 0.2) is 0 Å². The molecule has 1 amide bonds. The van der Waals surface area contributed by atoms with E-state index in [0.717, 1.165) is 37.8 Å². The lowest BCUT2D eigenvalue weighted by Crippen LogP contribution is -2.53. The molecular formula is C16H24N2O. The van der Waals surface area contributed by atoms with Crippen LogP contribution in [0, 0.1) is 5.92 Å². The molecule has 0 saturated heterocycles. The van der Waals surface area contributed by atoms with Gasteiger partial charge in [-0.3, -0.25) is 10.1 Å². The molecule has 1 aromatic carbocycles. The number of carbonyl (C=O) groups excluding carboxylic acids is 1. The van der Waals surface area contributed by atoms with E-state index in [1.54, 1.807) is 0 Å². The summed E-state index contributed by atoms with van der Waals surface area (Å²) in [6.45, 7) is 5.09. The van der Waals surface area contributed by atoms with Gasteiger partial charge in [0.1, 0.15) is 5.54 Å². The Balaban J connectivity index is 2.43.